The van der Waals surface area contributed by atoms with Gasteiger partial charge in [0.2, 0.25) is 0 Å². The number of fused-ring (bicyclic) bond motifs is 1. The summed E-state index contributed by atoms with van der Waals surface area (Å²) in [6, 6.07) is 1.79. The molecular formula is C17H16ClN3O. The minimum Gasteiger partial charge on any atom is -0.407 e. The third kappa shape index (κ3) is 3.46. The Morgan fingerprint density at radius 2 is 2.09 bits per heavy atom. The molecule has 0 aliphatic heterocycles. The molecule has 4 nitrogen and oxygen atoms in total. The van der Waals surface area contributed by atoms with Crippen LogP contribution in [0.2, 0.25) is 5.02 Å². The minimum atomic E-state index is 0.423. The molecule has 0 radical (unpaired) electrons. The van der Waals surface area contributed by atoms with Crippen LogP contribution in [0.5, 0.6) is 0 Å². The summed E-state index contributed by atoms with van der Waals surface area (Å²) in [5.41, 5.74) is 2.43. The SMILES string of the molecule is CC1C=C/C=C/C(COn2cnc3ncc(Cl)cc32)=C\C=C/1. The van der Waals surface area contributed by atoms with E-state index in [2.05, 4.69) is 29.0 Å². The van der Waals surface area contributed by atoms with Gasteiger partial charge in [0.05, 0.1) is 5.02 Å². The summed E-state index contributed by atoms with van der Waals surface area (Å²) in [6.45, 7) is 2.57. The van der Waals surface area contributed by atoms with Crippen molar-refractivity contribution in [2.75, 3.05) is 6.61 Å². The largest absolute Gasteiger partial charge is 0.407 e. The first-order valence-corrected chi connectivity index (χ1v) is 7.44. The van der Waals surface area contributed by atoms with Gasteiger partial charge in [-0.1, -0.05) is 61.1 Å². The second-order valence-corrected chi connectivity index (χ2v) is 5.51. The Balaban J connectivity index is 1.77. The fourth-order valence-electron chi connectivity index (χ4n) is 2.09. The van der Waals surface area contributed by atoms with Crippen molar-refractivity contribution in [3.63, 3.8) is 0 Å². The van der Waals surface area contributed by atoms with Gasteiger partial charge in [0.15, 0.2) is 5.65 Å². The lowest BCUT2D eigenvalue weighted by Gasteiger charge is -2.07. The van der Waals surface area contributed by atoms with Crippen LogP contribution in [0, 0.1) is 5.92 Å². The van der Waals surface area contributed by atoms with E-state index in [4.69, 9.17) is 16.4 Å². The van der Waals surface area contributed by atoms with Crippen LogP contribution >= 0.6 is 11.6 Å². The number of hydrogen-bond acceptors (Lipinski definition) is 3. The Kier molecular flexibility index (Phi) is 4.39. The van der Waals surface area contributed by atoms with Gasteiger partial charge in [-0.05, 0) is 17.6 Å². The monoisotopic (exact) mass is 313 g/mol. The fourth-order valence-corrected chi connectivity index (χ4v) is 2.24. The van der Waals surface area contributed by atoms with E-state index < -0.39 is 0 Å². The summed E-state index contributed by atoms with van der Waals surface area (Å²) in [4.78, 5) is 14.1. The van der Waals surface area contributed by atoms with Gasteiger partial charge in [-0.15, -0.1) is 0 Å². The maximum Gasteiger partial charge on any atom is 0.181 e. The van der Waals surface area contributed by atoms with Gasteiger partial charge in [-0.3, -0.25) is 0 Å². The van der Waals surface area contributed by atoms with Crippen LogP contribution in [0.3, 0.4) is 0 Å². The highest BCUT2D eigenvalue weighted by Crippen LogP contribution is 2.15. The fraction of sp³-hybridized carbons (Fsp3) is 0.176. The second kappa shape index (κ2) is 6.62. The van der Waals surface area contributed by atoms with Crippen LogP contribution in [-0.2, 0) is 0 Å². The van der Waals surface area contributed by atoms with Crippen LogP contribution in [0.4, 0.5) is 0 Å². The van der Waals surface area contributed by atoms with Crippen LogP contribution in [0.1, 0.15) is 6.92 Å². The molecule has 0 spiro atoms. The summed E-state index contributed by atoms with van der Waals surface area (Å²) in [5, 5.41) is 0.557. The average Bonchev–Trinajstić information content (AvgIpc) is 2.93. The number of pyridine rings is 1. The van der Waals surface area contributed by atoms with Crippen molar-refractivity contribution in [2.45, 2.75) is 6.92 Å². The molecule has 2 heterocycles. The summed E-state index contributed by atoms with van der Waals surface area (Å²) < 4.78 is 1.59. The third-order valence-electron chi connectivity index (χ3n) is 3.27. The Morgan fingerprint density at radius 3 is 3.00 bits per heavy atom. The van der Waals surface area contributed by atoms with E-state index in [9.17, 15) is 0 Å². The van der Waals surface area contributed by atoms with E-state index in [1.54, 1.807) is 23.3 Å². The molecule has 2 aromatic rings. The van der Waals surface area contributed by atoms with Crippen LogP contribution in [-0.4, -0.2) is 21.3 Å². The Bertz CT molecular complexity index is 786. The predicted molar refractivity (Wildman–Crippen MR) is 88.7 cm³/mol. The van der Waals surface area contributed by atoms with Crippen molar-refractivity contribution in [1.29, 1.82) is 0 Å². The predicted octanol–water partition coefficient (Wildman–Crippen LogP) is 3.76. The quantitative estimate of drug-likeness (QED) is 0.866. The maximum atomic E-state index is 5.97. The third-order valence-corrected chi connectivity index (χ3v) is 3.47. The van der Waals surface area contributed by atoms with E-state index in [1.807, 2.05) is 30.4 Å². The van der Waals surface area contributed by atoms with Gasteiger partial charge >= 0.3 is 0 Å². The lowest BCUT2D eigenvalue weighted by molar-refractivity contribution is 0.140. The first-order valence-electron chi connectivity index (χ1n) is 7.06. The Morgan fingerprint density at radius 1 is 1.23 bits per heavy atom. The van der Waals surface area contributed by atoms with E-state index >= 15 is 0 Å². The molecule has 0 saturated carbocycles. The molecule has 1 atom stereocenters. The highest BCUT2D eigenvalue weighted by Gasteiger charge is 2.05. The van der Waals surface area contributed by atoms with Crippen molar-refractivity contribution in [1.82, 2.24) is 14.7 Å². The average molecular weight is 314 g/mol. The molecular weight excluding hydrogens is 298 g/mol. The first-order chi connectivity index (χ1) is 10.7. The van der Waals surface area contributed by atoms with Crippen molar-refractivity contribution in [3.05, 3.63) is 71.7 Å². The zero-order valence-corrected chi connectivity index (χ0v) is 12.9. The molecule has 0 N–H and O–H groups in total. The van der Waals surface area contributed by atoms with E-state index in [0.717, 1.165) is 11.1 Å². The molecule has 22 heavy (non-hydrogen) atoms. The Labute approximate surface area is 134 Å². The van der Waals surface area contributed by atoms with Gasteiger partial charge < -0.3 is 4.84 Å². The molecule has 0 saturated heterocycles. The molecule has 5 heteroatoms. The second-order valence-electron chi connectivity index (χ2n) is 5.07. The minimum absolute atomic E-state index is 0.423. The first kappa shape index (κ1) is 14.6. The van der Waals surface area contributed by atoms with Crippen LogP contribution in [0.15, 0.2) is 66.7 Å². The molecule has 0 amide bonds. The summed E-state index contributed by atoms with van der Waals surface area (Å²) >= 11 is 5.97. The molecule has 2 aromatic heterocycles. The molecule has 1 aliphatic carbocycles. The molecule has 1 unspecified atom stereocenters. The standard InChI is InChI=1S/C17H16ClN3O/c1-13-5-2-3-7-14(8-4-6-13)11-22-21-12-20-17-16(21)9-15(18)10-19-17/h2-10,12-13H,11H2,1H3/b5-2?,6-4-,7-3+,14-8+. The number of imidazole rings is 1. The molecule has 0 bridgehead atoms. The van der Waals surface area contributed by atoms with Crippen molar-refractivity contribution in [2.24, 2.45) is 5.92 Å². The zero-order valence-electron chi connectivity index (χ0n) is 12.2. The summed E-state index contributed by atoms with van der Waals surface area (Å²) in [5.74, 6) is 0.423. The lowest BCUT2D eigenvalue weighted by Crippen LogP contribution is -2.12. The highest BCUT2D eigenvalue weighted by molar-refractivity contribution is 6.31. The number of rotatable bonds is 3. The van der Waals surface area contributed by atoms with Crippen LogP contribution < -0.4 is 4.84 Å². The highest BCUT2D eigenvalue weighted by atomic mass is 35.5. The van der Waals surface area contributed by atoms with E-state index in [0.29, 0.717) is 23.2 Å². The molecule has 0 aromatic carbocycles. The van der Waals surface area contributed by atoms with Crippen molar-refractivity contribution >= 4 is 22.8 Å². The van der Waals surface area contributed by atoms with Crippen molar-refractivity contribution in [3.8, 4) is 0 Å². The molecule has 0 fully saturated rings. The van der Waals surface area contributed by atoms with Gasteiger partial charge in [0, 0.05) is 6.20 Å². The van der Waals surface area contributed by atoms with E-state index in [1.165, 1.54) is 0 Å². The van der Waals surface area contributed by atoms with Gasteiger partial charge in [-0.2, -0.15) is 4.73 Å². The normalized spacial score (nSPS) is 23.2. The molecule has 3 rings (SSSR count). The van der Waals surface area contributed by atoms with Crippen molar-refractivity contribution < 1.29 is 4.84 Å². The number of hydrogen-bond donors (Lipinski definition) is 0. The zero-order chi connectivity index (χ0) is 15.4. The smallest absolute Gasteiger partial charge is 0.181 e. The molecule has 1 aliphatic rings. The summed E-state index contributed by atoms with van der Waals surface area (Å²) in [7, 11) is 0. The number of aromatic nitrogens is 3. The van der Waals surface area contributed by atoms with E-state index in [-0.39, 0.29) is 0 Å². The van der Waals surface area contributed by atoms with Gasteiger partial charge in [0.25, 0.3) is 0 Å². The number of allylic oxidation sites excluding steroid dienone is 6. The number of halogens is 1. The number of nitrogens with zero attached hydrogens (tertiary/aromatic N) is 3. The lowest BCUT2D eigenvalue weighted by atomic mass is 10.1. The molecule has 112 valence electrons. The van der Waals surface area contributed by atoms with Crippen LogP contribution in [0.25, 0.3) is 11.2 Å². The summed E-state index contributed by atoms with van der Waals surface area (Å²) in [6.07, 6.45) is 17.6. The Hall–Kier alpha value is -2.33. The van der Waals surface area contributed by atoms with Gasteiger partial charge in [0.1, 0.15) is 18.5 Å². The topological polar surface area (TPSA) is 39.9 Å². The van der Waals surface area contributed by atoms with Gasteiger partial charge in [-0.25, -0.2) is 9.97 Å². The maximum absolute atomic E-state index is 5.97.